The van der Waals surface area contributed by atoms with Gasteiger partial charge in [-0.15, -0.1) is 0 Å². The van der Waals surface area contributed by atoms with Crippen LogP contribution in [0.4, 0.5) is 5.69 Å². The maximum atomic E-state index is 12.2. The van der Waals surface area contributed by atoms with Gasteiger partial charge in [-0.05, 0) is 54.2 Å². The van der Waals surface area contributed by atoms with E-state index in [1.807, 2.05) is 12.1 Å². The largest absolute Gasteiger partial charge is 0.465 e. The van der Waals surface area contributed by atoms with Crippen LogP contribution in [0, 0.1) is 0 Å². The molecule has 28 heavy (non-hydrogen) atoms. The molecule has 146 valence electrons. The molecule has 7 nitrogen and oxygen atoms in total. The molecule has 8 heteroatoms. The number of methoxy groups -OCH3 is 1. The predicted molar refractivity (Wildman–Crippen MR) is 110 cm³/mol. The van der Waals surface area contributed by atoms with Crippen LogP contribution in [0.2, 0.25) is 0 Å². The summed E-state index contributed by atoms with van der Waals surface area (Å²) in [6.07, 6.45) is 0.316. The van der Waals surface area contributed by atoms with Crippen molar-refractivity contribution in [1.29, 1.82) is 0 Å². The molecule has 0 atom stereocenters. The third-order valence-corrected chi connectivity index (χ3v) is 4.07. The van der Waals surface area contributed by atoms with Crippen molar-refractivity contribution in [3.05, 3.63) is 65.2 Å². The Kier molecular flexibility index (Phi) is 7.22. The van der Waals surface area contributed by atoms with E-state index in [0.29, 0.717) is 23.2 Å². The molecule has 0 heterocycles. The number of carbonyl (C=O) groups excluding carboxylic acids is 3. The van der Waals surface area contributed by atoms with Gasteiger partial charge in [0.25, 0.3) is 5.91 Å². The van der Waals surface area contributed by atoms with Crippen LogP contribution in [0.25, 0.3) is 0 Å². The first-order valence-electron chi connectivity index (χ1n) is 8.40. The Bertz CT molecular complexity index is 877. The van der Waals surface area contributed by atoms with Gasteiger partial charge in [0.2, 0.25) is 5.91 Å². The molecule has 0 aliphatic rings. The number of ether oxygens (including phenoxy) is 1. The highest BCUT2D eigenvalue weighted by Gasteiger charge is 2.11. The van der Waals surface area contributed by atoms with E-state index in [2.05, 4.69) is 15.4 Å². The molecule has 0 bridgehead atoms. The van der Waals surface area contributed by atoms with E-state index in [9.17, 15) is 14.4 Å². The minimum Gasteiger partial charge on any atom is -0.465 e. The molecule has 0 aliphatic heterocycles. The second-order valence-electron chi connectivity index (χ2n) is 6.14. The van der Waals surface area contributed by atoms with Crippen molar-refractivity contribution >= 4 is 40.8 Å². The van der Waals surface area contributed by atoms with Crippen LogP contribution < -0.4 is 10.6 Å². The fraction of sp³-hybridized carbons (Fsp3) is 0.200. The van der Waals surface area contributed by atoms with Crippen molar-refractivity contribution in [3.8, 4) is 0 Å². The lowest BCUT2D eigenvalue weighted by atomic mass is 10.1. The summed E-state index contributed by atoms with van der Waals surface area (Å²) in [5.74, 6) is -0.858. The Balaban J connectivity index is 1.91. The highest BCUT2D eigenvalue weighted by Crippen LogP contribution is 2.11. The number of nitrogens with one attached hydrogen (secondary N) is 2. The number of hydrogen-bond donors (Lipinski definition) is 2. The maximum absolute atomic E-state index is 12.2. The van der Waals surface area contributed by atoms with Gasteiger partial charge in [-0.25, -0.2) is 4.79 Å². The van der Waals surface area contributed by atoms with Gasteiger partial charge in [-0.3, -0.25) is 14.9 Å². The Hall–Kier alpha value is -3.26. The second-order valence-corrected chi connectivity index (χ2v) is 6.55. The predicted octanol–water partition coefficient (Wildman–Crippen LogP) is 2.23. The Labute approximate surface area is 168 Å². The molecule has 0 aromatic heterocycles. The van der Waals surface area contributed by atoms with Gasteiger partial charge in [0.15, 0.2) is 5.11 Å². The van der Waals surface area contributed by atoms with Crippen LogP contribution in [0.5, 0.6) is 0 Å². The summed E-state index contributed by atoms with van der Waals surface area (Å²) in [5, 5.41) is 5.63. The lowest BCUT2D eigenvalue weighted by molar-refractivity contribution is -0.127. The molecule has 2 N–H and O–H groups in total. The zero-order valence-electron chi connectivity index (χ0n) is 15.8. The molecule has 0 saturated heterocycles. The number of esters is 1. The second kappa shape index (κ2) is 9.61. The molecule has 0 radical (unpaired) electrons. The smallest absolute Gasteiger partial charge is 0.337 e. The van der Waals surface area contributed by atoms with E-state index in [-0.39, 0.29) is 11.0 Å². The SMILES string of the molecule is COC(=O)c1ccc(C(=O)NC(=S)Nc2ccc(CC(=O)N(C)C)cc2)cc1. The molecular formula is C20H21N3O4S. The quantitative estimate of drug-likeness (QED) is 0.592. The number of anilines is 1. The maximum Gasteiger partial charge on any atom is 0.337 e. The van der Waals surface area contributed by atoms with Crippen LogP contribution in [0.1, 0.15) is 26.3 Å². The summed E-state index contributed by atoms with van der Waals surface area (Å²) in [6, 6.07) is 13.2. The minimum atomic E-state index is -0.472. The number of thiocarbonyl (C=S) groups is 1. The number of benzene rings is 2. The fourth-order valence-corrected chi connectivity index (χ4v) is 2.46. The van der Waals surface area contributed by atoms with E-state index in [1.54, 1.807) is 26.2 Å². The summed E-state index contributed by atoms with van der Waals surface area (Å²) in [5.41, 5.74) is 2.28. The average molecular weight is 399 g/mol. The van der Waals surface area contributed by atoms with Crippen molar-refractivity contribution in [2.75, 3.05) is 26.5 Å². The number of hydrogen-bond acceptors (Lipinski definition) is 5. The highest BCUT2D eigenvalue weighted by atomic mass is 32.1. The Morgan fingerprint density at radius 1 is 0.964 bits per heavy atom. The molecule has 2 amide bonds. The monoisotopic (exact) mass is 399 g/mol. The normalized spacial score (nSPS) is 9.96. The van der Waals surface area contributed by atoms with Crippen molar-refractivity contribution in [2.45, 2.75) is 6.42 Å². The average Bonchev–Trinajstić information content (AvgIpc) is 2.68. The molecule has 2 aromatic carbocycles. The number of carbonyl (C=O) groups is 3. The number of amides is 2. The van der Waals surface area contributed by atoms with Crippen LogP contribution in [0.15, 0.2) is 48.5 Å². The van der Waals surface area contributed by atoms with Crippen LogP contribution >= 0.6 is 12.2 Å². The first-order valence-corrected chi connectivity index (χ1v) is 8.80. The van der Waals surface area contributed by atoms with Crippen LogP contribution in [0.3, 0.4) is 0 Å². The highest BCUT2D eigenvalue weighted by molar-refractivity contribution is 7.80. The summed E-state index contributed by atoms with van der Waals surface area (Å²) in [7, 11) is 4.71. The van der Waals surface area contributed by atoms with Gasteiger partial charge < -0.3 is 15.0 Å². The Morgan fingerprint density at radius 3 is 2.07 bits per heavy atom. The van der Waals surface area contributed by atoms with Crippen molar-refractivity contribution < 1.29 is 19.1 Å². The minimum absolute atomic E-state index is 0.0155. The van der Waals surface area contributed by atoms with E-state index < -0.39 is 11.9 Å². The van der Waals surface area contributed by atoms with Gasteiger partial charge in [0.1, 0.15) is 0 Å². The van der Waals surface area contributed by atoms with Crippen molar-refractivity contribution in [3.63, 3.8) is 0 Å². The zero-order valence-corrected chi connectivity index (χ0v) is 16.6. The molecule has 0 fully saturated rings. The number of nitrogens with zero attached hydrogens (tertiary/aromatic N) is 1. The van der Waals surface area contributed by atoms with Gasteiger partial charge >= 0.3 is 5.97 Å². The first-order chi connectivity index (χ1) is 13.3. The molecular weight excluding hydrogens is 378 g/mol. The van der Waals surface area contributed by atoms with E-state index in [4.69, 9.17) is 12.2 Å². The molecule has 0 spiro atoms. The summed E-state index contributed by atoms with van der Waals surface area (Å²) < 4.78 is 4.62. The van der Waals surface area contributed by atoms with Gasteiger partial charge in [-0.1, -0.05) is 12.1 Å². The number of likely N-dealkylation sites (N-methyl/N-ethyl adjacent to an activating group) is 1. The standard InChI is InChI=1S/C20H21N3O4S/c1-23(2)17(24)12-13-4-10-16(11-5-13)21-20(28)22-18(25)14-6-8-15(9-7-14)19(26)27-3/h4-11H,12H2,1-3H3,(H2,21,22,25,28). The molecule has 0 aliphatic carbocycles. The van der Waals surface area contributed by atoms with Gasteiger partial charge in [0.05, 0.1) is 19.1 Å². The van der Waals surface area contributed by atoms with E-state index in [1.165, 1.54) is 36.3 Å². The zero-order chi connectivity index (χ0) is 20.7. The van der Waals surface area contributed by atoms with E-state index in [0.717, 1.165) is 5.56 Å². The number of rotatable bonds is 5. The lowest BCUT2D eigenvalue weighted by Gasteiger charge is -2.12. The van der Waals surface area contributed by atoms with Crippen LogP contribution in [-0.4, -0.2) is 49.0 Å². The summed E-state index contributed by atoms with van der Waals surface area (Å²) in [4.78, 5) is 36.9. The van der Waals surface area contributed by atoms with Gasteiger partial charge in [-0.2, -0.15) is 0 Å². The van der Waals surface area contributed by atoms with Crippen molar-refractivity contribution in [2.24, 2.45) is 0 Å². The van der Waals surface area contributed by atoms with Gasteiger partial charge in [0, 0.05) is 25.3 Å². The summed E-state index contributed by atoms with van der Waals surface area (Å²) in [6.45, 7) is 0. The molecule has 0 unspecified atom stereocenters. The topological polar surface area (TPSA) is 87.7 Å². The molecule has 0 saturated carbocycles. The van der Waals surface area contributed by atoms with Crippen molar-refractivity contribution in [1.82, 2.24) is 10.2 Å². The third kappa shape index (κ3) is 5.88. The summed E-state index contributed by atoms with van der Waals surface area (Å²) >= 11 is 5.16. The molecule has 2 rings (SSSR count). The molecule has 2 aromatic rings. The Morgan fingerprint density at radius 2 is 1.54 bits per heavy atom. The fourth-order valence-electron chi connectivity index (χ4n) is 2.25. The van der Waals surface area contributed by atoms with Crippen LogP contribution in [-0.2, 0) is 16.0 Å². The van der Waals surface area contributed by atoms with E-state index >= 15 is 0 Å². The lowest BCUT2D eigenvalue weighted by Crippen LogP contribution is -2.34. The third-order valence-electron chi connectivity index (χ3n) is 3.86. The first kappa shape index (κ1) is 21.0.